The van der Waals surface area contributed by atoms with E-state index in [9.17, 15) is 9.59 Å². The van der Waals surface area contributed by atoms with Crippen molar-refractivity contribution >= 4 is 29.4 Å². The zero-order chi connectivity index (χ0) is 15.8. The number of anilines is 1. The van der Waals surface area contributed by atoms with Crippen LogP contribution in [0.5, 0.6) is 0 Å². The number of nitrogens with zero attached hydrogens (tertiary/aromatic N) is 1. The Balaban J connectivity index is 1.92. The Morgan fingerprint density at radius 2 is 2.00 bits per heavy atom. The smallest absolute Gasteiger partial charge is 0.319 e. The molecule has 0 unspecified atom stereocenters. The highest BCUT2D eigenvalue weighted by atomic mass is 32.2. The average molecular weight is 316 g/mol. The summed E-state index contributed by atoms with van der Waals surface area (Å²) in [6.45, 7) is 0.385. The molecule has 2 aromatic rings. The van der Waals surface area contributed by atoms with Crippen molar-refractivity contribution in [2.45, 2.75) is 11.4 Å². The van der Waals surface area contributed by atoms with Gasteiger partial charge in [-0.25, -0.2) is 4.79 Å². The number of carbonyl (C=O) groups is 2. The highest BCUT2D eigenvalue weighted by molar-refractivity contribution is 8.00. The number of rotatable bonds is 6. The van der Waals surface area contributed by atoms with Crippen LogP contribution in [0.2, 0.25) is 0 Å². The maximum atomic E-state index is 11.9. The van der Waals surface area contributed by atoms with Gasteiger partial charge in [0.05, 0.1) is 11.4 Å². The minimum Gasteiger partial charge on any atom is -0.369 e. The van der Waals surface area contributed by atoms with Crippen LogP contribution in [0.1, 0.15) is 5.56 Å². The SMILES string of the molecule is NC(=O)CSc1ccccc1NC(=O)NCc1cccnc1. The summed E-state index contributed by atoms with van der Waals surface area (Å²) in [6.07, 6.45) is 3.37. The van der Waals surface area contributed by atoms with E-state index in [4.69, 9.17) is 5.73 Å². The molecule has 22 heavy (non-hydrogen) atoms. The van der Waals surface area contributed by atoms with Crippen LogP contribution in [0.4, 0.5) is 10.5 Å². The first-order chi connectivity index (χ1) is 10.6. The summed E-state index contributed by atoms with van der Waals surface area (Å²) in [5.41, 5.74) is 6.69. The van der Waals surface area contributed by atoms with Crippen molar-refractivity contribution in [1.82, 2.24) is 10.3 Å². The lowest BCUT2D eigenvalue weighted by Crippen LogP contribution is -2.28. The molecule has 1 aromatic heterocycles. The number of primary amides is 1. The fourth-order valence-corrected chi connectivity index (χ4v) is 2.44. The van der Waals surface area contributed by atoms with Gasteiger partial charge < -0.3 is 16.4 Å². The third kappa shape index (κ3) is 5.10. The predicted molar refractivity (Wildman–Crippen MR) is 86.5 cm³/mol. The molecule has 114 valence electrons. The quantitative estimate of drug-likeness (QED) is 0.710. The normalized spacial score (nSPS) is 10.0. The Hall–Kier alpha value is -2.54. The van der Waals surface area contributed by atoms with Gasteiger partial charge in [0.1, 0.15) is 0 Å². The Labute approximate surface area is 132 Å². The highest BCUT2D eigenvalue weighted by Crippen LogP contribution is 2.26. The lowest BCUT2D eigenvalue weighted by atomic mass is 10.3. The van der Waals surface area contributed by atoms with E-state index in [1.165, 1.54) is 11.8 Å². The van der Waals surface area contributed by atoms with Crippen molar-refractivity contribution in [2.75, 3.05) is 11.1 Å². The van der Waals surface area contributed by atoms with Gasteiger partial charge in [-0.1, -0.05) is 18.2 Å². The second-order valence-electron chi connectivity index (χ2n) is 4.42. The molecule has 6 nitrogen and oxygen atoms in total. The van der Waals surface area contributed by atoms with Crippen molar-refractivity contribution in [3.05, 3.63) is 54.4 Å². The third-order valence-electron chi connectivity index (χ3n) is 2.68. The third-order valence-corrected chi connectivity index (χ3v) is 3.78. The van der Waals surface area contributed by atoms with E-state index in [2.05, 4.69) is 15.6 Å². The topological polar surface area (TPSA) is 97.1 Å². The van der Waals surface area contributed by atoms with Crippen molar-refractivity contribution in [1.29, 1.82) is 0 Å². The number of carbonyl (C=O) groups excluding carboxylic acids is 2. The van der Waals surface area contributed by atoms with Crippen LogP contribution < -0.4 is 16.4 Å². The molecule has 0 aliphatic rings. The van der Waals surface area contributed by atoms with E-state index < -0.39 is 5.91 Å². The van der Waals surface area contributed by atoms with Crippen LogP contribution in [0.15, 0.2) is 53.7 Å². The Bertz CT molecular complexity index is 649. The zero-order valence-electron chi connectivity index (χ0n) is 11.8. The summed E-state index contributed by atoms with van der Waals surface area (Å²) < 4.78 is 0. The van der Waals surface area contributed by atoms with Crippen LogP contribution in [-0.2, 0) is 11.3 Å². The van der Waals surface area contributed by atoms with Gasteiger partial charge in [0, 0.05) is 23.8 Å². The van der Waals surface area contributed by atoms with Crippen molar-refractivity contribution < 1.29 is 9.59 Å². The molecule has 0 atom stereocenters. The molecule has 7 heteroatoms. The number of pyridine rings is 1. The number of benzene rings is 1. The van der Waals surface area contributed by atoms with Gasteiger partial charge in [0.15, 0.2) is 0 Å². The number of para-hydroxylation sites is 1. The molecule has 0 saturated carbocycles. The summed E-state index contributed by atoms with van der Waals surface area (Å²) in [5, 5.41) is 5.51. The first kappa shape index (κ1) is 15.8. The van der Waals surface area contributed by atoms with Gasteiger partial charge in [0.25, 0.3) is 0 Å². The molecule has 0 saturated heterocycles. The van der Waals surface area contributed by atoms with E-state index in [0.717, 1.165) is 10.5 Å². The summed E-state index contributed by atoms with van der Waals surface area (Å²) in [6, 6.07) is 10.6. The van der Waals surface area contributed by atoms with E-state index in [1.54, 1.807) is 18.5 Å². The fourth-order valence-electron chi connectivity index (χ4n) is 1.70. The molecule has 0 bridgehead atoms. The Kier molecular flexibility index (Phi) is 5.79. The monoisotopic (exact) mass is 316 g/mol. The van der Waals surface area contributed by atoms with Crippen molar-refractivity contribution in [3.63, 3.8) is 0 Å². The second-order valence-corrected chi connectivity index (χ2v) is 5.44. The summed E-state index contributed by atoms with van der Waals surface area (Å²) in [7, 11) is 0. The molecule has 0 spiro atoms. The number of nitrogens with one attached hydrogen (secondary N) is 2. The summed E-state index contributed by atoms with van der Waals surface area (Å²) >= 11 is 1.28. The van der Waals surface area contributed by atoms with E-state index in [1.807, 2.05) is 30.3 Å². The Morgan fingerprint density at radius 3 is 2.73 bits per heavy atom. The minimum absolute atomic E-state index is 0.163. The fraction of sp³-hybridized carbons (Fsp3) is 0.133. The van der Waals surface area contributed by atoms with Crippen LogP contribution in [0.25, 0.3) is 0 Å². The van der Waals surface area contributed by atoms with Crippen LogP contribution in [-0.4, -0.2) is 22.7 Å². The molecule has 4 N–H and O–H groups in total. The molecule has 0 aliphatic carbocycles. The average Bonchev–Trinajstić information content (AvgIpc) is 2.53. The number of nitrogens with two attached hydrogens (primary N) is 1. The molecule has 1 heterocycles. The number of thioether (sulfide) groups is 1. The number of amides is 3. The number of urea groups is 1. The van der Waals surface area contributed by atoms with Gasteiger partial charge in [-0.05, 0) is 23.8 Å². The standard InChI is InChI=1S/C15H16N4O2S/c16-14(20)10-22-13-6-2-1-5-12(13)19-15(21)18-9-11-4-3-7-17-8-11/h1-8H,9-10H2,(H2,16,20)(H2,18,19,21). The second kappa shape index (κ2) is 8.04. The van der Waals surface area contributed by atoms with Gasteiger partial charge >= 0.3 is 6.03 Å². The van der Waals surface area contributed by atoms with Crippen LogP contribution in [0.3, 0.4) is 0 Å². The lowest BCUT2D eigenvalue weighted by molar-refractivity contribution is -0.115. The predicted octanol–water partition coefficient (Wildman–Crippen LogP) is 1.98. The summed E-state index contributed by atoms with van der Waals surface area (Å²) in [5.74, 6) is -0.239. The number of hydrogen-bond donors (Lipinski definition) is 3. The van der Waals surface area contributed by atoms with Crippen LogP contribution in [0, 0.1) is 0 Å². The number of aromatic nitrogens is 1. The molecule has 3 amide bonds. The molecule has 0 fully saturated rings. The van der Waals surface area contributed by atoms with E-state index in [-0.39, 0.29) is 11.8 Å². The zero-order valence-corrected chi connectivity index (χ0v) is 12.6. The van der Waals surface area contributed by atoms with Gasteiger partial charge in [-0.3, -0.25) is 9.78 Å². The van der Waals surface area contributed by atoms with Crippen LogP contribution >= 0.6 is 11.8 Å². The van der Waals surface area contributed by atoms with Gasteiger partial charge in [-0.15, -0.1) is 11.8 Å². The summed E-state index contributed by atoms with van der Waals surface area (Å²) in [4.78, 5) is 27.6. The molecule has 0 aliphatic heterocycles. The lowest BCUT2D eigenvalue weighted by Gasteiger charge is -2.11. The molecule has 1 aromatic carbocycles. The van der Waals surface area contributed by atoms with Crippen molar-refractivity contribution in [3.8, 4) is 0 Å². The minimum atomic E-state index is -0.402. The molecule has 0 radical (unpaired) electrons. The first-order valence-corrected chi connectivity index (χ1v) is 7.57. The van der Waals surface area contributed by atoms with Gasteiger partial charge in [-0.2, -0.15) is 0 Å². The van der Waals surface area contributed by atoms with E-state index in [0.29, 0.717) is 12.2 Å². The maximum Gasteiger partial charge on any atom is 0.319 e. The largest absolute Gasteiger partial charge is 0.369 e. The molecule has 2 rings (SSSR count). The van der Waals surface area contributed by atoms with Crippen molar-refractivity contribution in [2.24, 2.45) is 5.73 Å². The molecular formula is C15H16N4O2S. The first-order valence-electron chi connectivity index (χ1n) is 6.59. The van der Waals surface area contributed by atoms with E-state index >= 15 is 0 Å². The Morgan fingerprint density at radius 1 is 1.18 bits per heavy atom. The highest BCUT2D eigenvalue weighted by Gasteiger charge is 2.07. The maximum absolute atomic E-state index is 11.9. The van der Waals surface area contributed by atoms with Gasteiger partial charge in [0.2, 0.25) is 5.91 Å². The number of hydrogen-bond acceptors (Lipinski definition) is 4. The molecular weight excluding hydrogens is 300 g/mol.